The van der Waals surface area contributed by atoms with Gasteiger partial charge in [-0.1, -0.05) is 302 Å². The van der Waals surface area contributed by atoms with E-state index in [0.29, 0.717) is 25.9 Å². The number of esters is 1. The van der Waals surface area contributed by atoms with Gasteiger partial charge >= 0.3 is 5.97 Å². The van der Waals surface area contributed by atoms with Crippen LogP contribution in [0.15, 0.2) is 12.2 Å². The maximum Gasteiger partial charge on any atom is 0.305 e. The Labute approximate surface area is 431 Å². The Hall–Kier alpha value is -1.40. The summed E-state index contributed by atoms with van der Waals surface area (Å²) in [4.78, 5) is 24.5. The van der Waals surface area contributed by atoms with E-state index in [0.717, 1.165) is 51.4 Å². The van der Waals surface area contributed by atoms with Crippen molar-refractivity contribution in [3.63, 3.8) is 0 Å². The topological polar surface area (TPSA) is 95.9 Å². The molecule has 3 N–H and O–H groups in total. The predicted octanol–water partition coefficient (Wildman–Crippen LogP) is 19.6. The third kappa shape index (κ3) is 55.8. The van der Waals surface area contributed by atoms with Crippen LogP contribution in [-0.2, 0) is 14.3 Å². The number of aliphatic hydroxyl groups is 2. The number of amides is 1. The molecule has 0 aliphatic heterocycles. The van der Waals surface area contributed by atoms with E-state index in [2.05, 4.69) is 31.3 Å². The summed E-state index contributed by atoms with van der Waals surface area (Å²) in [6.07, 6.45) is 70.8. The highest BCUT2D eigenvalue weighted by atomic mass is 16.5. The summed E-state index contributed by atoms with van der Waals surface area (Å²) >= 11 is 0. The van der Waals surface area contributed by atoms with Gasteiger partial charge in [0.25, 0.3) is 0 Å². The fourth-order valence-electron chi connectivity index (χ4n) is 9.99. The molecule has 69 heavy (non-hydrogen) atoms. The summed E-state index contributed by atoms with van der Waals surface area (Å²) in [5, 5.41) is 23.4. The average Bonchev–Trinajstić information content (AvgIpc) is 3.35. The van der Waals surface area contributed by atoms with Crippen molar-refractivity contribution in [1.29, 1.82) is 0 Å². The SMILES string of the molecule is CCCCCCCCCCCCCCCCCCCCCCCCCCC(O)C(CO)NC(=O)CCCCCCCCC/C=C\CCCCCCCCOC(=O)CCCCCCCCCCCCC. The van der Waals surface area contributed by atoms with Crippen LogP contribution in [0.2, 0.25) is 0 Å². The Morgan fingerprint density at radius 2 is 0.681 bits per heavy atom. The number of unbranched alkanes of at least 4 members (excludes halogenated alkanes) is 46. The average molecular weight is 975 g/mol. The maximum absolute atomic E-state index is 12.5. The van der Waals surface area contributed by atoms with Crippen LogP contribution in [0.3, 0.4) is 0 Å². The number of ether oxygens (including phenoxy) is 1. The summed E-state index contributed by atoms with van der Waals surface area (Å²) in [6.45, 7) is 4.96. The Morgan fingerprint density at radius 1 is 0.391 bits per heavy atom. The Kier molecular flexibility index (Phi) is 58.0. The van der Waals surface area contributed by atoms with Gasteiger partial charge in [-0.3, -0.25) is 9.59 Å². The number of allylic oxidation sites excluding steroid dienone is 2. The van der Waals surface area contributed by atoms with Gasteiger partial charge in [0, 0.05) is 12.8 Å². The van der Waals surface area contributed by atoms with Gasteiger partial charge in [-0.05, 0) is 51.4 Å². The van der Waals surface area contributed by atoms with Crippen molar-refractivity contribution in [1.82, 2.24) is 5.32 Å². The highest BCUT2D eigenvalue weighted by Crippen LogP contribution is 2.18. The number of hydrogen-bond acceptors (Lipinski definition) is 5. The van der Waals surface area contributed by atoms with Crippen LogP contribution in [0.25, 0.3) is 0 Å². The molecule has 0 saturated heterocycles. The lowest BCUT2D eigenvalue weighted by Gasteiger charge is -2.22. The normalized spacial score (nSPS) is 12.6. The summed E-state index contributed by atoms with van der Waals surface area (Å²) in [7, 11) is 0. The number of hydrogen-bond donors (Lipinski definition) is 3. The zero-order valence-corrected chi connectivity index (χ0v) is 46.8. The van der Waals surface area contributed by atoms with Gasteiger partial charge in [0.2, 0.25) is 5.91 Å². The molecule has 2 atom stereocenters. The van der Waals surface area contributed by atoms with Crippen molar-refractivity contribution in [2.45, 2.75) is 366 Å². The van der Waals surface area contributed by atoms with Crippen LogP contribution >= 0.6 is 0 Å². The van der Waals surface area contributed by atoms with Crippen LogP contribution in [-0.4, -0.2) is 47.4 Å². The van der Waals surface area contributed by atoms with E-state index in [1.54, 1.807) is 0 Å². The van der Waals surface area contributed by atoms with Crippen molar-refractivity contribution >= 4 is 11.9 Å². The molecule has 0 aliphatic rings. The molecule has 410 valence electrons. The first kappa shape index (κ1) is 67.6. The highest BCUT2D eigenvalue weighted by molar-refractivity contribution is 5.76. The predicted molar refractivity (Wildman–Crippen MR) is 301 cm³/mol. The van der Waals surface area contributed by atoms with Gasteiger partial charge in [-0.15, -0.1) is 0 Å². The molecule has 0 radical (unpaired) electrons. The fraction of sp³-hybridized carbons (Fsp3) is 0.937. The van der Waals surface area contributed by atoms with Crippen molar-refractivity contribution in [2.75, 3.05) is 13.2 Å². The number of rotatable bonds is 59. The molecule has 0 bridgehead atoms. The van der Waals surface area contributed by atoms with Crippen LogP contribution in [0.1, 0.15) is 354 Å². The smallest absolute Gasteiger partial charge is 0.305 e. The molecule has 1 amide bonds. The maximum atomic E-state index is 12.5. The minimum atomic E-state index is -0.673. The summed E-state index contributed by atoms with van der Waals surface area (Å²) < 4.78 is 5.46. The van der Waals surface area contributed by atoms with E-state index in [9.17, 15) is 19.8 Å². The first-order valence-electron chi connectivity index (χ1n) is 31.4. The van der Waals surface area contributed by atoms with Crippen molar-refractivity contribution in [3.05, 3.63) is 12.2 Å². The summed E-state index contributed by atoms with van der Waals surface area (Å²) in [5.74, 6) is -0.0438. The Bertz CT molecular complexity index is 1030. The Balaban J connectivity index is 3.44. The molecule has 6 nitrogen and oxygen atoms in total. The molecule has 6 heteroatoms. The molecule has 0 heterocycles. The van der Waals surface area contributed by atoms with Gasteiger partial charge < -0.3 is 20.3 Å². The number of carbonyl (C=O) groups excluding carboxylic acids is 2. The third-order valence-corrected chi connectivity index (χ3v) is 14.8. The first-order chi connectivity index (χ1) is 34.0. The largest absolute Gasteiger partial charge is 0.466 e. The number of carbonyl (C=O) groups is 2. The fourth-order valence-corrected chi connectivity index (χ4v) is 9.99. The molecule has 0 fully saturated rings. The van der Waals surface area contributed by atoms with Crippen molar-refractivity contribution in [2.24, 2.45) is 0 Å². The number of aliphatic hydroxyl groups excluding tert-OH is 2. The summed E-state index contributed by atoms with van der Waals surface area (Å²) in [6, 6.07) is -0.551. The van der Waals surface area contributed by atoms with Gasteiger partial charge in [0.1, 0.15) is 0 Å². The lowest BCUT2D eigenvalue weighted by Crippen LogP contribution is -2.45. The molecule has 0 aromatic rings. The zero-order chi connectivity index (χ0) is 50.0. The molecule has 0 spiro atoms. The van der Waals surface area contributed by atoms with Gasteiger partial charge in [0.15, 0.2) is 0 Å². The van der Waals surface area contributed by atoms with Crippen molar-refractivity contribution < 1.29 is 24.5 Å². The minimum Gasteiger partial charge on any atom is -0.466 e. The van der Waals surface area contributed by atoms with Gasteiger partial charge in [0.05, 0.1) is 25.4 Å². The third-order valence-electron chi connectivity index (χ3n) is 14.8. The standard InChI is InChI=1S/C63H123NO5/c1-3-5-7-9-11-13-15-16-17-18-19-20-21-22-23-24-26-29-32-36-39-43-47-51-55-61(66)60(59-65)64-62(67)56-52-48-44-40-37-33-30-27-25-28-31-34-38-42-46-50-54-58-69-63(68)57-53-49-45-41-35-14-12-10-8-6-4-2/h25,28,60-61,65-66H,3-24,26-27,29-59H2,1-2H3,(H,64,67)/b28-25-. The molecule has 0 rings (SSSR count). The van der Waals surface area contributed by atoms with Crippen LogP contribution in [0.4, 0.5) is 0 Å². The van der Waals surface area contributed by atoms with Crippen LogP contribution in [0, 0.1) is 0 Å². The van der Waals surface area contributed by atoms with E-state index >= 15 is 0 Å². The second kappa shape index (κ2) is 59.2. The highest BCUT2D eigenvalue weighted by Gasteiger charge is 2.20. The molecular formula is C63H123NO5. The first-order valence-corrected chi connectivity index (χ1v) is 31.4. The molecule has 0 aliphatic carbocycles. The molecule has 0 aromatic carbocycles. The second-order valence-corrected chi connectivity index (χ2v) is 21.7. The van der Waals surface area contributed by atoms with E-state index in [4.69, 9.17) is 4.74 Å². The molecule has 2 unspecified atom stereocenters. The van der Waals surface area contributed by atoms with E-state index < -0.39 is 12.1 Å². The zero-order valence-electron chi connectivity index (χ0n) is 46.8. The van der Waals surface area contributed by atoms with E-state index in [1.807, 2.05) is 0 Å². The second-order valence-electron chi connectivity index (χ2n) is 21.7. The molecular weight excluding hydrogens is 851 g/mol. The number of nitrogens with one attached hydrogen (secondary N) is 1. The molecule has 0 saturated carbocycles. The van der Waals surface area contributed by atoms with Crippen LogP contribution in [0.5, 0.6) is 0 Å². The monoisotopic (exact) mass is 974 g/mol. The van der Waals surface area contributed by atoms with E-state index in [1.165, 1.54) is 270 Å². The lowest BCUT2D eigenvalue weighted by molar-refractivity contribution is -0.143. The quantitative estimate of drug-likeness (QED) is 0.0321. The van der Waals surface area contributed by atoms with Gasteiger partial charge in [-0.25, -0.2) is 0 Å². The lowest BCUT2D eigenvalue weighted by atomic mass is 10.0. The van der Waals surface area contributed by atoms with Crippen LogP contribution < -0.4 is 5.32 Å². The summed E-state index contributed by atoms with van der Waals surface area (Å²) in [5.41, 5.74) is 0. The molecule has 0 aromatic heterocycles. The van der Waals surface area contributed by atoms with Gasteiger partial charge in [-0.2, -0.15) is 0 Å². The van der Waals surface area contributed by atoms with Crippen molar-refractivity contribution in [3.8, 4) is 0 Å². The van der Waals surface area contributed by atoms with E-state index in [-0.39, 0.29) is 18.5 Å². The minimum absolute atomic E-state index is 0.00108. The Morgan fingerprint density at radius 3 is 1.03 bits per heavy atom.